The maximum Gasteiger partial charge on any atom is 0.270 e. The van der Waals surface area contributed by atoms with Gasteiger partial charge in [-0.25, -0.2) is 9.97 Å². The smallest absolute Gasteiger partial charge is 0.270 e. The molecule has 0 spiro atoms. The molecule has 152 valence electrons. The van der Waals surface area contributed by atoms with E-state index in [1.165, 1.54) is 32.1 Å². The van der Waals surface area contributed by atoms with Gasteiger partial charge < -0.3 is 11.1 Å². The van der Waals surface area contributed by atoms with Crippen molar-refractivity contribution in [3.63, 3.8) is 0 Å². The zero-order valence-electron chi connectivity index (χ0n) is 16.5. The van der Waals surface area contributed by atoms with Gasteiger partial charge in [-0.1, -0.05) is 19.3 Å². The van der Waals surface area contributed by atoms with Crippen LogP contribution in [0.4, 0.5) is 0 Å². The van der Waals surface area contributed by atoms with E-state index in [0.717, 1.165) is 18.4 Å². The van der Waals surface area contributed by atoms with Crippen LogP contribution in [0, 0.1) is 5.92 Å². The van der Waals surface area contributed by atoms with Crippen LogP contribution in [0.25, 0.3) is 17.0 Å². The van der Waals surface area contributed by atoms with Gasteiger partial charge in [0.1, 0.15) is 17.2 Å². The number of rotatable bonds is 6. The third kappa shape index (κ3) is 3.64. The van der Waals surface area contributed by atoms with Gasteiger partial charge in [0.2, 0.25) is 0 Å². The highest BCUT2D eigenvalue weighted by Gasteiger charge is 2.32. The molecule has 5 rings (SSSR count). The van der Waals surface area contributed by atoms with Gasteiger partial charge in [0, 0.05) is 37.2 Å². The Balaban J connectivity index is 1.46. The van der Waals surface area contributed by atoms with Crippen molar-refractivity contribution >= 4 is 11.6 Å². The molecule has 0 bridgehead atoms. The van der Waals surface area contributed by atoms with Gasteiger partial charge in [0.25, 0.3) is 5.91 Å². The molecule has 0 radical (unpaired) electrons. The van der Waals surface area contributed by atoms with Crippen LogP contribution in [0.3, 0.4) is 0 Å². The Morgan fingerprint density at radius 2 is 2.07 bits per heavy atom. The lowest BCUT2D eigenvalue weighted by Crippen LogP contribution is -2.36. The Kier molecular flexibility index (Phi) is 4.79. The predicted octanol–water partition coefficient (Wildman–Crippen LogP) is 2.57. The number of hydrogen-bond acceptors (Lipinski definition) is 5. The third-order valence-corrected chi connectivity index (χ3v) is 6.17. The van der Waals surface area contributed by atoms with E-state index >= 15 is 0 Å². The highest BCUT2D eigenvalue weighted by Crippen LogP contribution is 2.39. The first kappa shape index (κ1) is 18.3. The van der Waals surface area contributed by atoms with Gasteiger partial charge in [-0.15, -0.1) is 0 Å². The van der Waals surface area contributed by atoms with E-state index in [-0.39, 0.29) is 18.0 Å². The number of amides is 1. The maximum absolute atomic E-state index is 12.9. The summed E-state index contributed by atoms with van der Waals surface area (Å²) in [5, 5.41) is 7.70. The van der Waals surface area contributed by atoms with Crippen molar-refractivity contribution in [3.8, 4) is 11.4 Å². The second kappa shape index (κ2) is 7.59. The SMILES string of the molecule is NCC(C1CC1)n1cc(-c2nc(C(=O)NC3CCCCC3)cc3nccn23)cn1. The van der Waals surface area contributed by atoms with Crippen LogP contribution in [-0.2, 0) is 0 Å². The summed E-state index contributed by atoms with van der Waals surface area (Å²) in [6, 6.07) is 2.21. The average molecular weight is 393 g/mol. The molecule has 8 nitrogen and oxygen atoms in total. The van der Waals surface area contributed by atoms with Gasteiger partial charge >= 0.3 is 0 Å². The average Bonchev–Trinajstić information content (AvgIpc) is 3.26. The predicted molar refractivity (Wildman–Crippen MR) is 109 cm³/mol. The molecule has 29 heavy (non-hydrogen) atoms. The summed E-state index contributed by atoms with van der Waals surface area (Å²) >= 11 is 0. The fourth-order valence-corrected chi connectivity index (χ4v) is 4.38. The fourth-order valence-electron chi connectivity index (χ4n) is 4.38. The topological polar surface area (TPSA) is 103 Å². The van der Waals surface area contributed by atoms with Crippen molar-refractivity contribution in [1.29, 1.82) is 0 Å². The second-order valence-corrected chi connectivity index (χ2v) is 8.28. The van der Waals surface area contributed by atoms with Crippen LogP contribution in [0.1, 0.15) is 61.5 Å². The number of nitrogens with two attached hydrogens (primary N) is 1. The molecule has 0 aliphatic heterocycles. The Labute approximate surface area is 169 Å². The first-order valence-corrected chi connectivity index (χ1v) is 10.6. The molecule has 1 atom stereocenters. The van der Waals surface area contributed by atoms with E-state index in [9.17, 15) is 4.79 Å². The van der Waals surface area contributed by atoms with Crippen molar-refractivity contribution in [2.24, 2.45) is 11.7 Å². The zero-order chi connectivity index (χ0) is 19.8. The maximum atomic E-state index is 12.9. The van der Waals surface area contributed by atoms with Crippen molar-refractivity contribution in [3.05, 3.63) is 36.5 Å². The molecule has 2 fully saturated rings. The summed E-state index contributed by atoms with van der Waals surface area (Å²) in [6.45, 7) is 0.573. The van der Waals surface area contributed by atoms with Gasteiger partial charge in [0.15, 0.2) is 0 Å². The largest absolute Gasteiger partial charge is 0.348 e. The first-order valence-electron chi connectivity index (χ1n) is 10.6. The van der Waals surface area contributed by atoms with E-state index in [2.05, 4.69) is 15.4 Å². The minimum absolute atomic E-state index is 0.131. The van der Waals surface area contributed by atoms with Gasteiger partial charge in [-0.2, -0.15) is 5.10 Å². The minimum Gasteiger partial charge on any atom is -0.348 e. The molecule has 1 unspecified atom stereocenters. The Morgan fingerprint density at radius 3 is 2.83 bits per heavy atom. The Morgan fingerprint density at radius 1 is 1.24 bits per heavy atom. The second-order valence-electron chi connectivity index (χ2n) is 8.28. The molecule has 3 aromatic rings. The van der Waals surface area contributed by atoms with Gasteiger partial charge in [0.05, 0.1) is 17.8 Å². The van der Waals surface area contributed by atoms with Crippen LogP contribution in [-0.4, -0.2) is 42.6 Å². The number of nitrogens with one attached hydrogen (secondary N) is 1. The molecule has 1 amide bonds. The lowest BCUT2D eigenvalue weighted by atomic mass is 9.95. The Bertz CT molecular complexity index is 1010. The highest BCUT2D eigenvalue weighted by atomic mass is 16.1. The molecular formula is C21H27N7O. The van der Waals surface area contributed by atoms with E-state index in [1.54, 1.807) is 18.5 Å². The number of carbonyl (C=O) groups is 1. The van der Waals surface area contributed by atoms with Crippen molar-refractivity contribution < 1.29 is 4.79 Å². The minimum atomic E-state index is -0.131. The molecule has 0 saturated heterocycles. The van der Waals surface area contributed by atoms with Crippen molar-refractivity contribution in [2.75, 3.05) is 6.54 Å². The number of aromatic nitrogens is 5. The quantitative estimate of drug-likeness (QED) is 0.670. The summed E-state index contributed by atoms with van der Waals surface area (Å²) in [4.78, 5) is 22.0. The van der Waals surface area contributed by atoms with Crippen molar-refractivity contribution in [1.82, 2.24) is 29.5 Å². The lowest BCUT2D eigenvalue weighted by Gasteiger charge is -2.22. The van der Waals surface area contributed by atoms with E-state index in [4.69, 9.17) is 10.7 Å². The molecule has 8 heteroatoms. The van der Waals surface area contributed by atoms with Gasteiger partial charge in [-0.3, -0.25) is 13.9 Å². The molecule has 3 heterocycles. The highest BCUT2D eigenvalue weighted by molar-refractivity contribution is 5.94. The summed E-state index contributed by atoms with van der Waals surface area (Å²) in [6.07, 6.45) is 15.5. The number of nitrogens with zero attached hydrogens (tertiary/aromatic N) is 5. The number of imidazole rings is 1. The molecule has 3 N–H and O–H groups in total. The first-order chi connectivity index (χ1) is 14.2. The summed E-state index contributed by atoms with van der Waals surface area (Å²) in [5.74, 6) is 1.15. The zero-order valence-corrected chi connectivity index (χ0v) is 16.5. The molecule has 2 saturated carbocycles. The van der Waals surface area contributed by atoms with Crippen LogP contribution in [0.15, 0.2) is 30.9 Å². The lowest BCUT2D eigenvalue weighted by molar-refractivity contribution is 0.0922. The standard InChI is InChI=1S/C21H27N7O/c22-11-18(14-6-7-14)28-13-15(12-24-28)20-26-17(10-19-23-8-9-27(19)20)21(29)25-16-4-2-1-3-5-16/h8-10,12-14,16,18H,1-7,11,22H2,(H,25,29). The van der Waals surface area contributed by atoms with E-state index in [0.29, 0.717) is 29.6 Å². The molecule has 0 aromatic carbocycles. The van der Waals surface area contributed by atoms with Crippen molar-refractivity contribution in [2.45, 2.75) is 57.0 Å². The van der Waals surface area contributed by atoms with Crippen LogP contribution >= 0.6 is 0 Å². The molecular weight excluding hydrogens is 366 g/mol. The molecule has 2 aliphatic carbocycles. The van der Waals surface area contributed by atoms with Crippen LogP contribution < -0.4 is 11.1 Å². The van der Waals surface area contributed by atoms with E-state index in [1.807, 2.05) is 21.5 Å². The Hall–Kier alpha value is -2.74. The number of fused-ring (bicyclic) bond motifs is 1. The van der Waals surface area contributed by atoms with E-state index < -0.39 is 0 Å². The summed E-state index contributed by atoms with van der Waals surface area (Å²) in [5.41, 5.74) is 7.94. The van der Waals surface area contributed by atoms with Crippen LogP contribution in [0.5, 0.6) is 0 Å². The normalized spacial score (nSPS) is 18.8. The third-order valence-electron chi connectivity index (χ3n) is 6.17. The summed E-state index contributed by atoms with van der Waals surface area (Å²) < 4.78 is 3.85. The van der Waals surface area contributed by atoms with Gasteiger partial charge in [-0.05, 0) is 31.6 Å². The monoisotopic (exact) mass is 393 g/mol. The fraction of sp³-hybridized carbons (Fsp3) is 0.524. The number of carbonyl (C=O) groups excluding carboxylic acids is 1. The number of hydrogen-bond donors (Lipinski definition) is 2. The molecule has 2 aliphatic rings. The summed E-state index contributed by atoms with van der Waals surface area (Å²) in [7, 11) is 0. The molecule has 3 aromatic heterocycles. The van der Waals surface area contributed by atoms with Crippen LogP contribution in [0.2, 0.25) is 0 Å².